The highest BCUT2D eigenvalue weighted by Crippen LogP contribution is 2.55. The first-order valence-electron chi connectivity index (χ1n) is 10.2. The van der Waals surface area contributed by atoms with E-state index in [9.17, 15) is 15.0 Å². The van der Waals surface area contributed by atoms with E-state index in [2.05, 4.69) is 19.9 Å². The Labute approximate surface area is 167 Å². The zero-order valence-corrected chi connectivity index (χ0v) is 17.3. The predicted octanol–water partition coefficient (Wildman–Crippen LogP) is 4.13. The van der Waals surface area contributed by atoms with E-state index in [1.54, 1.807) is 6.08 Å². The van der Waals surface area contributed by atoms with Gasteiger partial charge in [-0.2, -0.15) is 0 Å². The summed E-state index contributed by atoms with van der Waals surface area (Å²) in [6.45, 7) is 8.17. The van der Waals surface area contributed by atoms with E-state index in [4.69, 9.17) is 4.74 Å². The van der Waals surface area contributed by atoms with Gasteiger partial charge < -0.3 is 14.9 Å². The molecule has 4 heteroatoms. The molecule has 2 aliphatic carbocycles. The zero-order chi connectivity index (χ0) is 20.5. The van der Waals surface area contributed by atoms with Crippen molar-refractivity contribution >= 4 is 12.0 Å². The average molecular weight is 385 g/mol. The molecule has 0 radical (unpaired) electrons. The van der Waals surface area contributed by atoms with Crippen LogP contribution in [0.3, 0.4) is 0 Å². The number of fused-ring (bicyclic) bond motifs is 1. The van der Waals surface area contributed by atoms with Gasteiger partial charge in [0.1, 0.15) is 5.60 Å². The number of carbonyl (C=O) groups excluding carboxylic acids is 1. The Hall–Kier alpha value is -1.91. The number of aliphatic hydroxyl groups excluding tert-OH is 2. The number of hydrogen-bond acceptors (Lipinski definition) is 4. The molecule has 0 aliphatic heterocycles. The third kappa shape index (κ3) is 3.81. The van der Waals surface area contributed by atoms with Crippen LogP contribution in [0, 0.1) is 17.3 Å². The fourth-order valence-corrected chi connectivity index (χ4v) is 4.81. The monoisotopic (exact) mass is 384 g/mol. The molecule has 152 valence electrons. The smallest absolute Gasteiger partial charge is 0.331 e. The van der Waals surface area contributed by atoms with Crippen LogP contribution in [-0.2, 0) is 9.53 Å². The van der Waals surface area contributed by atoms with Gasteiger partial charge in [0.05, 0.1) is 12.2 Å². The van der Waals surface area contributed by atoms with E-state index < -0.39 is 29.2 Å². The van der Waals surface area contributed by atoms with Crippen molar-refractivity contribution in [3.05, 3.63) is 53.6 Å². The van der Waals surface area contributed by atoms with E-state index in [0.29, 0.717) is 12.3 Å². The van der Waals surface area contributed by atoms with E-state index >= 15 is 0 Å². The third-order valence-corrected chi connectivity index (χ3v) is 6.87. The molecular weight excluding hydrogens is 352 g/mol. The van der Waals surface area contributed by atoms with Gasteiger partial charge in [0, 0.05) is 23.8 Å². The largest absolute Gasteiger partial charge is 0.453 e. The van der Waals surface area contributed by atoms with E-state index in [1.165, 1.54) is 11.6 Å². The highest BCUT2D eigenvalue weighted by molar-refractivity contribution is 5.87. The maximum atomic E-state index is 12.6. The molecule has 1 aromatic rings. The molecule has 2 aliphatic rings. The van der Waals surface area contributed by atoms with Crippen LogP contribution in [0.25, 0.3) is 6.08 Å². The second kappa shape index (κ2) is 7.84. The Bertz CT molecular complexity index is 766. The lowest BCUT2D eigenvalue weighted by molar-refractivity contribution is -0.225. The quantitative estimate of drug-likeness (QED) is 0.465. The molecule has 0 aromatic heterocycles. The zero-order valence-electron chi connectivity index (χ0n) is 17.3. The number of rotatable bonds is 4. The summed E-state index contributed by atoms with van der Waals surface area (Å²) < 4.78 is 5.91. The molecule has 0 spiro atoms. The minimum Gasteiger partial charge on any atom is -0.453 e. The standard InChI is InChI=1S/C24H32O4/c1-16(2)18-12-13-23(3)19(14-18)24(4,21(26)15-20(23)25)28-22(27)11-10-17-8-6-5-7-9-17/h5-12,16,19-21,25-26H,13-15H2,1-4H3/b11-10+/t19-,20-,21+,23-,24+/m1/s1. The summed E-state index contributed by atoms with van der Waals surface area (Å²) in [6.07, 6.45) is 5.49. The lowest BCUT2D eigenvalue weighted by atomic mass is 9.53. The molecule has 1 aromatic carbocycles. The fraction of sp³-hybridized carbons (Fsp3) is 0.542. The first kappa shape index (κ1) is 20.8. The average Bonchev–Trinajstić information content (AvgIpc) is 2.66. The van der Waals surface area contributed by atoms with Crippen molar-refractivity contribution in [1.29, 1.82) is 0 Å². The van der Waals surface area contributed by atoms with Crippen molar-refractivity contribution in [2.45, 2.75) is 64.8 Å². The fourth-order valence-electron chi connectivity index (χ4n) is 4.81. The lowest BCUT2D eigenvalue weighted by Crippen LogP contribution is -2.64. The Morgan fingerprint density at radius 3 is 2.50 bits per heavy atom. The van der Waals surface area contributed by atoms with Crippen LogP contribution in [0.2, 0.25) is 0 Å². The molecule has 2 N–H and O–H groups in total. The van der Waals surface area contributed by atoms with Crippen LogP contribution in [0.5, 0.6) is 0 Å². The van der Waals surface area contributed by atoms with Crippen molar-refractivity contribution < 1.29 is 19.7 Å². The van der Waals surface area contributed by atoms with E-state index in [0.717, 1.165) is 12.0 Å². The second-order valence-corrected chi connectivity index (χ2v) is 9.02. The molecule has 4 nitrogen and oxygen atoms in total. The molecule has 0 saturated heterocycles. The number of esters is 1. The van der Waals surface area contributed by atoms with Crippen molar-refractivity contribution in [2.24, 2.45) is 17.3 Å². The van der Waals surface area contributed by atoms with Gasteiger partial charge in [0.2, 0.25) is 0 Å². The summed E-state index contributed by atoms with van der Waals surface area (Å²) in [7, 11) is 0. The Morgan fingerprint density at radius 2 is 1.86 bits per heavy atom. The molecule has 3 rings (SSSR count). The topological polar surface area (TPSA) is 66.8 Å². The minimum atomic E-state index is -1.04. The van der Waals surface area contributed by atoms with E-state index in [1.807, 2.05) is 44.2 Å². The predicted molar refractivity (Wildman–Crippen MR) is 110 cm³/mol. The summed E-state index contributed by atoms with van der Waals surface area (Å²) >= 11 is 0. The van der Waals surface area contributed by atoms with Gasteiger partial charge in [0.15, 0.2) is 0 Å². The number of aliphatic hydroxyl groups is 2. The number of ether oxygens (including phenoxy) is 1. The summed E-state index contributed by atoms with van der Waals surface area (Å²) in [6, 6.07) is 9.56. The van der Waals surface area contributed by atoms with Gasteiger partial charge in [-0.1, -0.05) is 62.8 Å². The minimum absolute atomic E-state index is 0.143. The molecular formula is C24H32O4. The maximum Gasteiger partial charge on any atom is 0.331 e. The molecule has 1 saturated carbocycles. The Balaban J connectivity index is 1.85. The van der Waals surface area contributed by atoms with Crippen molar-refractivity contribution in [3.63, 3.8) is 0 Å². The number of benzene rings is 1. The van der Waals surface area contributed by atoms with Crippen molar-refractivity contribution in [3.8, 4) is 0 Å². The Morgan fingerprint density at radius 1 is 1.18 bits per heavy atom. The molecule has 0 amide bonds. The van der Waals surface area contributed by atoms with Crippen LogP contribution < -0.4 is 0 Å². The first-order valence-corrected chi connectivity index (χ1v) is 10.2. The number of carbonyl (C=O) groups is 1. The van der Waals surface area contributed by atoms with Gasteiger partial charge in [-0.05, 0) is 37.3 Å². The van der Waals surface area contributed by atoms with Gasteiger partial charge in [0.25, 0.3) is 0 Å². The van der Waals surface area contributed by atoms with Crippen LogP contribution in [0.1, 0.15) is 52.5 Å². The molecule has 28 heavy (non-hydrogen) atoms. The Kier molecular flexibility index (Phi) is 5.83. The summed E-state index contributed by atoms with van der Waals surface area (Å²) in [5.41, 5.74) is 0.749. The van der Waals surface area contributed by atoms with Crippen LogP contribution >= 0.6 is 0 Å². The number of allylic oxidation sites excluding steroid dienone is 2. The van der Waals surface area contributed by atoms with Gasteiger partial charge in [-0.25, -0.2) is 4.79 Å². The molecule has 0 heterocycles. The first-order chi connectivity index (χ1) is 13.2. The second-order valence-electron chi connectivity index (χ2n) is 9.02. The molecule has 1 fully saturated rings. The highest BCUT2D eigenvalue weighted by atomic mass is 16.6. The summed E-state index contributed by atoms with van der Waals surface area (Å²) in [5.74, 6) is -0.223. The maximum absolute atomic E-state index is 12.6. The SMILES string of the molecule is CC(C)C1=CC[C@@]2(C)[C@H](O)C[C@H](O)[C@@](C)(OC(=O)/C=C/c3ccccc3)[C@@H]2C1. The number of hydrogen-bond donors (Lipinski definition) is 2. The van der Waals surface area contributed by atoms with Gasteiger partial charge >= 0.3 is 5.97 Å². The molecule has 5 atom stereocenters. The summed E-state index contributed by atoms with van der Waals surface area (Å²) in [4.78, 5) is 12.6. The van der Waals surface area contributed by atoms with Crippen molar-refractivity contribution in [2.75, 3.05) is 0 Å². The van der Waals surface area contributed by atoms with Crippen LogP contribution in [-0.4, -0.2) is 34.0 Å². The van der Waals surface area contributed by atoms with Crippen LogP contribution in [0.4, 0.5) is 0 Å². The highest BCUT2D eigenvalue weighted by Gasteiger charge is 2.60. The lowest BCUT2D eigenvalue weighted by Gasteiger charge is -2.57. The molecule has 0 bridgehead atoms. The van der Waals surface area contributed by atoms with Crippen molar-refractivity contribution in [1.82, 2.24) is 0 Å². The third-order valence-electron chi connectivity index (χ3n) is 6.87. The van der Waals surface area contributed by atoms with Crippen LogP contribution in [0.15, 0.2) is 48.1 Å². The van der Waals surface area contributed by atoms with Gasteiger partial charge in [-0.15, -0.1) is 0 Å². The summed E-state index contributed by atoms with van der Waals surface area (Å²) in [5, 5.41) is 21.6. The van der Waals surface area contributed by atoms with E-state index in [-0.39, 0.29) is 12.3 Å². The van der Waals surface area contributed by atoms with Gasteiger partial charge in [-0.3, -0.25) is 0 Å². The normalized spacial score (nSPS) is 35.5. The molecule has 0 unspecified atom stereocenters.